The highest BCUT2D eigenvalue weighted by molar-refractivity contribution is 14.1. The van der Waals surface area contributed by atoms with Gasteiger partial charge in [-0.2, -0.15) is 4.37 Å². The molecule has 0 aliphatic rings. The summed E-state index contributed by atoms with van der Waals surface area (Å²) in [6.07, 6.45) is 0. The zero-order valence-corrected chi connectivity index (χ0v) is 11.0. The van der Waals surface area contributed by atoms with E-state index in [1.165, 1.54) is 11.5 Å². The Labute approximate surface area is 105 Å². The summed E-state index contributed by atoms with van der Waals surface area (Å²) in [5.74, 6) is 0. The molecule has 0 N–H and O–H groups in total. The van der Waals surface area contributed by atoms with Gasteiger partial charge < -0.3 is 0 Å². The van der Waals surface area contributed by atoms with E-state index in [9.17, 15) is 0 Å². The van der Waals surface area contributed by atoms with Crippen molar-refractivity contribution in [3.8, 4) is 10.6 Å². The molecule has 0 aliphatic carbocycles. The van der Waals surface area contributed by atoms with E-state index in [4.69, 9.17) is 11.6 Å². The number of hydrogen-bond acceptors (Lipinski definition) is 3. The van der Waals surface area contributed by atoms with Crippen molar-refractivity contribution < 1.29 is 0 Å². The molecule has 0 saturated carbocycles. The van der Waals surface area contributed by atoms with E-state index < -0.39 is 0 Å². The van der Waals surface area contributed by atoms with Crippen LogP contribution in [0.2, 0.25) is 5.02 Å². The zero-order chi connectivity index (χ0) is 10.1. The van der Waals surface area contributed by atoms with Crippen molar-refractivity contribution in [2.75, 3.05) is 0 Å². The van der Waals surface area contributed by atoms with Gasteiger partial charge in [-0.1, -0.05) is 17.7 Å². The molecule has 0 bridgehead atoms. The maximum Gasteiger partial charge on any atom is 0.203 e. The van der Waals surface area contributed by atoms with Gasteiger partial charge in [-0.05, 0) is 36.2 Å². The van der Waals surface area contributed by atoms with Gasteiger partial charge in [0, 0.05) is 33.2 Å². The molecule has 0 unspecified atom stereocenters. The topological polar surface area (TPSA) is 25.8 Å². The second-order valence-electron chi connectivity index (χ2n) is 2.83. The Morgan fingerprint density at radius 1 is 1.43 bits per heavy atom. The van der Waals surface area contributed by atoms with Gasteiger partial charge >= 0.3 is 0 Å². The van der Waals surface area contributed by atoms with Crippen molar-refractivity contribution in [3.05, 3.63) is 32.6 Å². The second-order valence-corrected chi connectivity index (χ2v) is 4.98. The molecule has 0 spiro atoms. The monoisotopic (exact) mass is 336 g/mol. The van der Waals surface area contributed by atoms with Crippen molar-refractivity contribution >= 4 is 45.7 Å². The van der Waals surface area contributed by atoms with Crippen LogP contribution in [0.15, 0.2) is 18.2 Å². The molecular weight excluding hydrogens is 331 g/mol. The molecule has 5 heteroatoms. The first-order valence-corrected chi connectivity index (χ1v) is 6.15. The Hall–Kier alpha value is -0.200. The van der Waals surface area contributed by atoms with Crippen molar-refractivity contribution in [3.63, 3.8) is 0 Å². The molecule has 0 atom stereocenters. The average molecular weight is 337 g/mol. The van der Waals surface area contributed by atoms with Crippen LogP contribution in [0, 0.1) is 10.8 Å². The average Bonchev–Trinajstić information content (AvgIpc) is 2.51. The summed E-state index contributed by atoms with van der Waals surface area (Å²) in [7, 11) is 0. The third kappa shape index (κ3) is 2.07. The summed E-state index contributed by atoms with van der Waals surface area (Å²) in [6, 6.07) is 5.79. The lowest BCUT2D eigenvalue weighted by Gasteiger charge is -2.00. The van der Waals surface area contributed by atoms with E-state index in [1.807, 2.05) is 25.1 Å². The number of halogens is 2. The van der Waals surface area contributed by atoms with E-state index in [0.29, 0.717) is 0 Å². The van der Waals surface area contributed by atoms with Crippen LogP contribution in [0.5, 0.6) is 0 Å². The Morgan fingerprint density at radius 2 is 2.21 bits per heavy atom. The predicted molar refractivity (Wildman–Crippen MR) is 67.8 cm³/mol. The Balaban J connectivity index is 2.52. The van der Waals surface area contributed by atoms with Gasteiger partial charge in [0.25, 0.3) is 0 Å². The lowest BCUT2D eigenvalue weighted by molar-refractivity contribution is 1.25. The Morgan fingerprint density at radius 3 is 2.79 bits per heavy atom. The van der Waals surface area contributed by atoms with Crippen LogP contribution < -0.4 is 0 Å². The van der Waals surface area contributed by atoms with Gasteiger partial charge in [0.1, 0.15) is 5.01 Å². The van der Waals surface area contributed by atoms with E-state index in [2.05, 4.69) is 31.9 Å². The summed E-state index contributed by atoms with van der Waals surface area (Å²) in [5, 5.41) is 1.70. The third-order valence-electron chi connectivity index (χ3n) is 1.82. The van der Waals surface area contributed by atoms with Crippen LogP contribution in [0.3, 0.4) is 0 Å². The maximum atomic E-state index is 5.88. The van der Waals surface area contributed by atoms with Crippen LogP contribution in [0.25, 0.3) is 10.6 Å². The lowest BCUT2D eigenvalue weighted by atomic mass is 10.1. The zero-order valence-electron chi connectivity index (χ0n) is 7.29. The first-order valence-electron chi connectivity index (χ1n) is 3.92. The molecule has 14 heavy (non-hydrogen) atoms. The number of aromatic nitrogens is 2. The number of benzene rings is 1. The molecular formula is C9H6ClIN2S. The Kier molecular flexibility index (Phi) is 3.04. The third-order valence-corrected chi connectivity index (χ3v) is 3.61. The molecule has 0 aliphatic heterocycles. The first-order chi connectivity index (χ1) is 6.66. The molecule has 0 fully saturated rings. The molecule has 72 valence electrons. The predicted octanol–water partition coefficient (Wildman–Crippen LogP) is 3.77. The first kappa shape index (κ1) is 10.3. The summed E-state index contributed by atoms with van der Waals surface area (Å²) in [5.41, 5.74) is 2.24. The van der Waals surface area contributed by atoms with E-state index in [-0.39, 0.29) is 0 Å². The molecule has 0 radical (unpaired) electrons. The fourth-order valence-electron chi connectivity index (χ4n) is 1.18. The lowest BCUT2D eigenvalue weighted by Crippen LogP contribution is -1.82. The minimum atomic E-state index is 0.755. The summed E-state index contributed by atoms with van der Waals surface area (Å²) in [4.78, 5) is 4.32. The van der Waals surface area contributed by atoms with E-state index >= 15 is 0 Å². The minimum Gasteiger partial charge on any atom is -0.210 e. The summed E-state index contributed by atoms with van der Waals surface area (Å²) in [6.45, 7) is 2.02. The van der Waals surface area contributed by atoms with Crippen molar-refractivity contribution in [2.24, 2.45) is 0 Å². The summed E-state index contributed by atoms with van der Waals surface area (Å²) < 4.78 is 4.93. The van der Waals surface area contributed by atoms with Crippen molar-refractivity contribution in [2.45, 2.75) is 6.92 Å². The normalized spacial score (nSPS) is 10.5. The van der Waals surface area contributed by atoms with Crippen LogP contribution in [-0.2, 0) is 0 Å². The number of hydrogen-bond donors (Lipinski definition) is 0. The molecule has 1 aromatic heterocycles. The highest BCUT2D eigenvalue weighted by Gasteiger charge is 2.07. The molecule has 2 rings (SSSR count). The smallest absolute Gasteiger partial charge is 0.203 e. The molecule has 2 nitrogen and oxygen atoms in total. The maximum absolute atomic E-state index is 5.88. The molecule has 1 aromatic carbocycles. The SMILES string of the molecule is Cc1cc(Cl)ccc1-c1nc(I)ns1. The quantitative estimate of drug-likeness (QED) is 0.741. The van der Waals surface area contributed by atoms with E-state index in [0.717, 1.165) is 25.0 Å². The fourth-order valence-corrected chi connectivity index (χ4v) is 2.77. The van der Waals surface area contributed by atoms with Crippen LogP contribution in [0.1, 0.15) is 5.56 Å². The van der Waals surface area contributed by atoms with Gasteiger partial charge in [-0.15, -0.1) is 0 Å². The minimum absolute atomic E-state index is 0.755. The van der Waals surface area contributed by atoms with Crippen LogP contribution >= 0.6 is 45.7 Å². The van der Waals surface area contributed by atoms with Gasteiger partial charge in [0.15, 0.2) is 0 Å². The van der Waals surface area contributed by atoms with Gasteiger partial charge in [-0.3, -0.25) is 0 Å². The summed E-state index contributed by atoms with van der Waals surface area (Å²) >= 11 is 9.39. The van der Waals surface area contributed by atoms with Crippen molar-refractivity contribution in [1.82, 2.24) is 9.36 Å². The van der Waals surface area contributed by atoms with Gasteiger partial charge in [-0.25, -0.2) is 4.98 Å². The van der Waals surface area contributed by atoms with Crippen LogP contribution in [0.4, 0.5) is 0 Å². The molecule has 0 saturated heterocycles. The number of aryl methyl sites for hydroxylation is 1. The highest BCUT2D eigenvalue weighted by Crippen LogP contribution is 2.27. The number of nitrogens with zero attached hydrogens (tertiary/aromatic N) is 2. The van der Waals surface area contributed by atoms with Gasteiger partial charge in [0.05, 0.1) is 0 Å². The second kappa shape index (κ2) is 4.12. The standard InChI is InChI=1S/C9H6ClIN2S/c1-5-4-6(10)2-3-7(5)8-12-9(11)13-14-8/h2-4H,1H3. The van der Waals surface area contributed by atoms with E-state index in [1.54, 1.807) is 0 Å². The largest absolute Gasteiger partial charge is 0.210 e. The molecule has 1 heterocycles. The number of rotatable bonds is 1. The Bertz CT molecular complexity index is 470. The van der Waals surface area contributed by atoms with Crippen molar-refractivity contribution in [1.29, 1.82) is 0 Å². The van der Waals surface area contributed by atoms with Gasteiger partial charge in [0.2, 0.25) is 3.83 Å². The van der Waals surface area contributed by atoms with Crippen LogP contribution in [-0.4, -0.2) is 9.36 Å². The highest BCUT2D eigenvalue weighted by atomic mass is 127. The molecule has 0 amide bonds. The molecule has 2 aromatic rings. The fraction of sp³-hybridized carbons (Fsp3) is 0.111.